The van der Waals surface area contributed by atoms with Gasteiger partial charge in [0.05, 0.1) is 10.4 Å². The Labute approximate surface area is 126 Å². The first-order valence-corrected chi connectivity index (χ1v) is 6.63. The van der Waals surface area contributed by atoms with Crippen LogP contribution in [0, 0.1) is 10.1 Å². The Bertz CT molecular complexity index is 850. The van der Waals surface area contributed by atoms with E-state index < -0.39 is 4.92 Å². The summed E-state index contributed by atoms with van der Waals surface area (Å²) in [7, 11) is 1.78. The third kappa shape index (κ3) is 2.64. The molecule has 0 saturated heterocycles. The molecule has 0 aliphatic carbocycles. The molecule has 0 aliphatic heterocycles. The van der Waals surface area contributed by atoms with E-state index in [9.17, 15) is 10.1 Å². The zero-order valence-corrected chi connectivity index (χ0v) is 11.8. The number of rotatable bonds is 4. The van der Waals surface area contributed by atoms with Crippen LogP contribution in [0.1, 0.15) is 0 Å². The average molecular weight is 295 g/mol. The van der Waals surface area contributed by atoms with Crippen LogP contribution >= 0.6 is 0 Å². The highest BCUT2D eigenvalue weighted by Gasteiger charge is 2.09. The van der Waals surface area contributed by atoms with Crippen molar-refractivity contribution in [3.63, 3.8) is 0 Å². The molecule has 2 aromatic carbocycles. The van der Waals surface area contributed by atoms with E-state index in [-0.39, 0.29) is 5.69 Å². The first-order valence-electron chi connectivity index (χ1n) is 6.63. The Balaban J connectivity index is 2.00. The molecule has 0 radical (unpaired) electrons. The van der Waals surface area contributed by atoms with Gasteiger partial charge in [-0.2, -0.15) is 4.98 Å². The van der Waals surface area contributed by atoms with Crippen LogP contribution in [-0.2, 0) is 0 Å². The van der Waals surface area contributed by atoms with Gasteiger partial charge in [0.25, 0.3) is 5.69 Å². The number of para-hydroxylation sites is 1. The Hall–Kier alpha value is -3.22. The smallest absolute Gasteiger partial charge is 0.271 e. The maximum Gasteiger partial charge on any atom is 0.271 e. The number of benzene rings is 2. The van der Waals surface area contributed by atoms with E-state index in [1.165, 1.54) is 12.1 Å². The number of anilines is 3. The lowest BCUT2D eigenvalue weighted by molar-refractivity contribution is -0.384. The van der Waals surface area contributed by atoms with Gasteiger partial charge < -0.3 is 10.6 Å². The molecule has 0 amide bonds. The highest BCUT2D eigenvalue weighted by atomic mass is 16.6. The monoisotopic (exact) mass is 295 g/mol. The van der Waals surface area contributed by atoms with E-state index in [1.54, 1.807) is 19.2 Å². The van der Waals surface area contributed by atoms with E-state index in [0.717, 1.165) is 10.9 Å². The number of fused-ring (bicyclic) bond motifs is 1. The van der Waals surface area contributed by atoms with E-state index in [4.69, 9.17) is 0 Å². The van der Waals surface area contributed by atoms with Gasteiger partial charge in [0.2, 0.25) is 5.95 Å². The maximum absolute atomic E-state index is 10.8. The fraction of sp³-hybridized carbons (Fsp3) is 0.0667. The second-order valence-electron chi connectivity index (χ2n) is 4.60. The van der Waals surface area contributed by atoms with E-state index in [0.29, 0.717) is 17.5 Å². The molecule has 7 heteroatoms. The van der Waals surface area contributed by atoms with Gasteiger partial charge in [-0.1, -0.05) is 18.2 Å². The molecular formula is C15H13N5O2. The average Bonchev–Trinajstić information content (AvgIpc) is 2.54. The summed E-state index contributed by atoms with van der Waals surface area (Å²) in [5.74, 6) is 1.07. The van der Waals surface area contributed by atoms with Gasteiger partial charge in [-0.05, 0) is 18.2 Å². The van der Waals surface area contributed by atoms with Gasteiger partial charge >= 0.3 is 0 Å². The lowest BCUT2D eigenvalue weighted by Crippen LogP contribution is -2.02. The van der Waals surface area contributed by atoms with Crippen LogP contribution in [0.4, 0.5) is 23.1 Å². The molecule has 0 aliphatic rings. The molecule has 2 N–H and O–H groups in total. The normalized spacial score (nSPS) is 10.4. The molecule has 1 aromatic heterocycles. The molecule has 110 valence electrons. The minimum Gasteiger partial charge on any atom is -0.372 e. The van der Waals surface area contributed by atoms with Crippen LogP contribution in [0.25, 0.3) is 10.9 Å². The van der Waals surface area contributed by atoms with Crippen LogP contribution in [-0.4, -0.2) is 21.9 Å². The highest BCUT2D eigenvalue weighted by molar-refractivity contribution is 5.90. The summed E-state index contributed by atoms with van der Waals surface area (Å²) in [4.78, 5) is 19.2. The van der Waals surface area contributed by atoms with Crippen LogP contribution < -0.4 is 10.6 Å². The fourth-order valence-corrected chi connectivity index (χ4v) is 2.15. The first-order chi connectivity index (χ1) is 10.7. The number of nitro groups is 1. The minimum atomic E-state index is -0.439. The molecule has 22 heavy (non-hydrogen) atoms. The van der Waals surface area contributed by atoms with Crippen LogP contribution in [0.15, 0.2) is 48.5 Å². The summed E-state index contributed by atoms with van der Waals surface area (Å²) >= 11 is 0. The van der Waals surface area contributed by atoms with Crippen molar-refractivity contribution in [2.24, 2.45) is 0 Å². The first kappa shape index (κ1) is 13.7. The van der Waals surface area contributed by atoms with E-state index in [2.05, 4.69) is 20.6 Å². The number of non-ortho nitro benzene ring substituents is 1. The third-order valence-electron chi connectivity index (χ3n) is 3.15. The molecule has 7 nitrogen and oxygen atoms in total. The summed E-state index contributed by atoms with van der Waals surface area (Å²) in [6.07, 6.45) is 0. The summed E-state index contributed by atoms with van der Waals surface area (Å²) in [5, 5.41) is 17.8. The molecule has 3 aromatic rings. The Morgan fingerprint density at radius 2 is 1.91 bits per heavy atom. The van der Waals surface area contributed by atoms with Gasteiger partial charge in [-0.15, -0.1) is 0 Å². The zero-order valence-electron chi connectivity index (χ0n) is 11.8. The second kappa shape index (κ2) is 5.65. The van der Waals surface area contributed by atoms with Crippen molar-refractivity contribution < 1.29 is 4.92 Å². The van der Waals surface area contributed by atoms with Gasteiger partial charge in [-0.25, -0.2) is 4.98 Å². The summed E-state index contributed by atoms with van der Waals surface area (Å²) in [6, 6.07) is 13.8. The number of nitrogens with zero attached hydrogens (tertiary/aromatic N) is 3. The highest BCUT2D eigenvalue weighted by Crippen LogP contribution is 2.24. The molecular weight excluding hydrogens is 282 g/mol. The molecule has 0 saturated carbocycles. The van der Waals surface area contributed by atoms with Gasteiger partial charge in [-0.3, -0.25) is 10.1 Å². The number of hydrogen-bond donors (Lipinski definition) is 2. The van der Waals surface area contributed by atoms with Crippen molar-refractivity contribution in [3.8, 4) is 0 Å². The maximum atomic E-state index is 10.8. The number of aromatic nitrogens is 2. The summed E-state index contributed by atoms with van der Waals surface area (Å²) < 4.78 is 0. The topological polar surface area (TPSA) is 93.0 Å². The van der Waals surface area contributed by atoms with Crippen molar-refractivity contribution in [3.05, 3.63) is 58.6 Å². The van der Waals surface area contributed by atoms with E-state index >= 15 is 0 Å². The summed E-state index contributed by atoms with van der Waals surface area (Å²) in [6.45, 7) is 0. The molecule has 0 unspecified atom stereocenters. The van der Waals surface area contributed by atoms with Crippen molar-refractivity contribution in [1.82, 2.24) is 9.97 Å². The predicted molar refractivity (Wildman–Crippen MR) is 85.5 cm³/mol. The lowest BCUT2D eigenvalue weighted by atomic mass is 10.2. The van der Waals surface area contributed by atoms with Crippen molar-refractivity contribution in [1.29, 1.82) is 0 Å². The Morgan fingerprint density at radius 1 is 1.09 bits per heavy atom. The third-order valence-corrected chi connectivity index (χ3v) is 3.15. The number of nitro benzene ring substituents is 1. The zero-order chi connectivity index (χ0) is 15.5. The SMILES string of the molecule is CNc1nc(Nc2cccc([N+](=O)[O-])c2)nc2ccccc12. The van der Waals surface area contributed by atoms with Crippen molar-refractivity contribution in [2.75, 3.05) is 17.7 Å². The molecule has 0 bridgehead atoms. The van der Waals surface area contributed by atoms with Gasteiger partial charge in [0.15, 0.2) is 0 Å². The van der Waals surface area contributed by atoms with Crippen LogP contribution in [0.3, 0.4) is 0 Å². The molecule has 1 heterocycles. The van der Waals surface area contributed by atoms with Crippen molar-refractivity contribution in [2.45, 2.75) is 0 Å². The minimum absolute atomic E-state index is 0.0135. The molecule has 0 fully saturated rings. The number of nitrogens with one attached hydrogen (secondary N) is 2. The standard InChI is InChI=1S/C15H13N5O2/c1-16-14-12-7-2-3-8-13(12)18-15(19-14)17-10-5-4-6-11(9-10)20(21)22/h2-9H,1H3,(H2,16,17,18,19). The largest absolute Gasteiger partial charge is 0.372 e. The molecule has 3 rings (SSSR count). The molecule has 0 spiro atoms. The van der Waals surface area contributed by atoms with Crippen LogP contribution in [0.5, 0.6) is 0 Å². The Morgan fingerprint density at radius 3 is 2.68 bits per heavy atom. The van der Waals surface area contributed by atoms with Crippen molar-refractivity contribution >= 4 is 34.0 Å². The van der Waals surface area contributed by atoms with Gasteiger partial charge in [0, 0.05) is 30.3 Å². The summed E-state index contributed by atoms with van der Waals surface area (Å²) in [5.41, 5.74) is 1.36. The lowest BCUT2D eigenvalue weighted by Gasteiger charge is -2.09. The quantitative estimate of drug-likeness (QED) is 0.566. The number of hydrogen-bond acceptors (Lipinski definition) is 6. The van der Waals surface area contributed by atoms with Gasteiger partial charge in [0.1, 0.15) is 5.82 Å². The fourth-order valence-electron chi connectivity index (χ4n) is 2.15. The second-order valence-corrected chi connectivity index (χ2v) is 4.60. The molecule has 0 atom stereocenters. The predicted octanol–water partition coefficient (Wildman–Crippen LogP) is 3.32. The van der Waals surface area contributed by atoms with Crippen LogP contribution in [0.2, 0.25) is 0 Å². The Kier molecular flexibility index (Phi) is 3.53. The van der Waals surface area contributed by atoms with E-state index in [1.807, 2.05) is 24.3 Å².